The first kappa shape index (κ1) is 18.2. The van der Waals surface area contributed by atoms with Crippen LogP contribution in [0.25, 0.3) is 6.08 Å². The lowest BCUT2D eigenvalue weighted by molar-refractivity contribution is -0.127. The Balaban J connectivity index is 1.71. The number of nitrogens with zero attached hydrogens (tertiary/aromatic N) is 1. The molecule has 3 amide bonds. The van der Waals surface area contributed by atoms with E-state index < -0.39 is 17.1 Å². The van der Waals surface area contributed by atoms with Crippen molar-refractivity contribution in [3.8, 4) is 5.75 Å². The number of rotatable bonds is 4. The number of hydrogen-bond acceptors (Lipinski definition) is 5. The van der Waals surface area contributed by atoms with Crippen molar-refractivity contribution in [2.75, 3.05) is 11.9 Å². The van der Waals surface area contributed by atoms with Gasteiger partial charge >= 0.3 is 0 Å². The van der Waals surface area contributed by atoms with Gasteiger partial charge in [0.1, 0.15) is 12.3 Å². The lowest BCUT2D eigenvalue weighted by Gasteiger charge is -2.12. The number of halogens is 1. The number of thioether (sulfide) groups is 1. The van der Waals surface area contributed by atoms with Crippen LogP contribution in [-0.2, 0) is 9.59 Å². The number of anilines is 1. The molecule has 132 valence electrons. The number of phenols is 1. The van der Waals surface area contributed by atoms with Crippen molar-refractivity contribution < 1.29 is 19.5 Å². The molecule has 3 rings (SSSR count). The summed E-state index contributed by atoms with van der Waals surface area (Å²) in [6.45, 7) is -0.351. The van der Waals surface area contributed by atoms with E-state index in [0.717, 1.165) is 16.7 Å². The highest BCUT2D eigenvalue weighted by molar-refractivity contribution is 9.10. The molecule has 2 N–H and O–H groups in total. The van der Waals surface area contributed by atoms with Gasteiger partial charge in [0.25, 0.3) is 11.1 Å². The molecule has 0 aromatic heterocycles. The second kappa shape index (κ2) is 7.76. The van der Waals surface area contributed by atoms with Crippen molar-refractivity contribution in [1.29, 1.82) is 0 Å². The van der Waals surface area contributed by atoms with Crippen LogP contribution in [0.3, 0.4) is 0 Å². The van der Waals surface area contributed by atoms with E-state index in [9.17, 15) is 19.5 Å². The highest BCUT2D eigenvalue weighted by Gasteiger charge is 2.36. The Kier molecular flexibility index (Phi) is 5.43. The van der Waals surface area contributed by atoms with Crippen LogP contribution >= 0.6 is 27.7 Å². The zero-order valence-electron chi connectivity index (χ0n) is 13.3. The van der Waals surface area contributed by atoms with Gasteiger partial charge in [-0.2, -0.15) is 0 Å². The zero-order chi connectivity index (χ0) is 18.7. The van der Waals surface area contributed by atoms with Crippen LogP contribution in [0.5, 0.6) is 5.75 Å². The molecule has 6 nitrogen and oxygen atoms in total. The number of benzene rings is 2. The maximum Gasteiger partial charge on any atom is 0.294 e. The number of nitrogens with one attached hydrogen (secondary N) is 1. The molecule has 0 spiro atoms. The average Bonchev–Trinajstić information content (AvgIpc) is 2.86. The fraction of sp³-hybridized carbons (Fsp3) is 0.0556. The third kappa shape index (κ3) is 4.14. The standard InChI is InChI=1S/C18H13BrN2O4S/c19-13-8-11(6-7-14(13)22)9-15-17(24)21(18(25)26-15)10-16(23)20-12-4-2-1-3-5-12/h1-9,22H,10H2,(H,20,23)/b15-9+. The Labute approximate surface area is 162 Å². The molecule has 0 saturated carbocycles. The van der Waals surface area contributed by atoms with Gasteiger partial charge in [-0.15, -0.1) is 0 Å². The van der Waals surface area contributed by atoms with E-state index in [1.165, 1.54) is 6.07 Å². The van der Waals surface area contributed by atoms with Crippen LogP contribution < -0.4 is 5.32 Å². The van der Waals surface area contributed by atoms with Gasteiger partial charge in [-0.25, -0.2) is 0 Å². The molecule has 0 bridgehead atoms. The first-order valence-electron chi connectivity index (χ1n) is 7.53. The largest absolute Gasteiger partial charge is 0.507 e. The number of phenolic OH excluding ortho intramolecular Hbond substituents is 1. The van der Waals surface area contributed by atoms with Gasteiger partial charge in [0.15, 0.2) is 0 Å². The molecule has 1 saturated heterocycles. The Hall–Kier alpha value is -2.58. The Bertz CT molecular complexity index is 915. The van der Waals surface area contributed by atoms with E-state index >= 15 is 0 Å². The minimum atomic E-state index is -0.521. The number of aromatic hydroxyl groups is 1. The monoisotopic (exact) mass is 432 g/mol. The molecular weight excluding hydrogens is 420 g/mol. The zero-order valence-corrected chi connectivity index (χ0v) is 15.7. The number of carbonyl (C=O) groups is 3. The minimum Gasteiger partial charge on any atom is -0.507 e. The van der Waals surface area contributed by atoms with Crippen LogP contribution in [0, 0.1) is 0 Å². The van der Waals surface area contributed by atoms with Crippen molar-refractivity contribution >= 4 is 56.5 Å². The summed E-state index contributed by atoms with van der Waals surface area (Å²) in [5, 5.41) is 11.7. The summed E-state index contributed by atoms with van der Waals surface area (Å²) in [5.74, 6) is -0.896. The predicted molar refractivity (Wildman–Crippen MR) is 104 cm³/mol. The minimum absolute atomic E-state index is 0.0767. The van der Waals surface area contributed by atoms with Crippen LogP contribution in [0.15, 0.2) is 57.9 Å². The molecule has 1 aliphatic rings. The molecule has 0 atom stereocenters. The summed E-state index contributed by atoms with van der Waals surface area (Å²) in [4.78, 5) is 37.7. The number of hydrogen-bond donors (Lipinski definition) is 2. The van der Waals surface area contributed by atoms with E-state index in [2.05, 4.69) is 21.2 Å². The molecule has 2 aromatic rings. The molecule has 0 aliphatic carbocycles. The van der Waals surface area contributed by atoms with Crippen molar-refractivity contribution in [3.63, 3.8) is 0 Å². The summed E-state index contributed by atoms with van der Waals surface area (Å²) in [6, 6.07) is 13.5. The molecule has 26 heavy (non-hydrogen) atoms. The predicted octanol–water partition coefficient (Wildman–Crippen LogP) is 3.83. The fourth-order valence-corrected chi connectivity index (χ4v) is 3.50. The number of para-hydroxylation sites is 1. The first-order chi connectivity index (χ1) is 12.4. The van der Waals surface area contributed by atoms with Gasteiger partial charge in [0.05, 0.1) is 9.38 Å². The summed E-state index contributed by atoms with van der Waals surface area (Å²) < 4.78 is 0.479. The highest BCUT2D eigenvalue weighted by atomic mass is 79.9. The van der Waals surface area contributed by atoms with E-state index in [-0.39, 0.29) is 17.2 Å². The molecule has 8 heteroatoms. The topological polar surface area (TPSA) is 86.7 Å². The molecule has 1 heterocycles. The highest BCUT2D eigenvalue weighted by Crippen LogP contribution is 2.33. The van der Waals surface area contributed by atoms with Gasteiger partial charge in [-0.05, 0) is 63.6 Å². The number of amides is 3. The SMILES string of the molecule is O=C(CN1C(=O)S/C(=C/c2ccc(O)c(Br)c2)C1=O)Nc1ccccc1. The van der Waals surface area contributed by atoms with Gasteiger partial charge in [0, 0.05) is 5.69 Å². The van der Waals surface area contributed by atoms with E-state index in [1.807, 2.05) is 6.07 Å². The fourth-order valence-electron chi connectivity index (χ4n) is 2.27. The average molecular weight is 433 g/mol. The maximum atomic E-state index is 12.4. The number of imide groups is 1. The van der Waals surface area contributed by atoms with Crippen LogP contribution in [-0.4, -0.2) is 33.6 Å². The summed E-state index contributed by atoms with van der Waals surface area (Å²) in [6.07, 6.45) is 1.55. The van der Waals surface area contributed by atoms with Crippen molar-refractivity contribution in [1.82, 2.24) is 4.90 Å². The van der Waals surface area contributed by atoms with Crippen LogP contribution in [0.4, 0.5) is 10.5 Å². The molecule has 0 unspecified atom stereocenters. The third-order valence-corrected chi connectivity index (χ3v) is 5.04. The van der Waals surface area contributed by atoms with Crippen LogP contribution in [0.1, 0.15) is 5.56 Å². The Morgan fingerprint density at radius 1 is 1.19 bits per heavy atom. The first-order valence-corrected chi connectivity index (χ1v) is 9.14. The molecule has 0 radical (unpaired) electrons. The molecular formula is C18H13BrN2O4S. The van der Waals surface area contributed by atoms with E-state index in [0.29, 0.717) is 15.7 Å². The lowest BCUT2D eigenvalue weighted by atomic mass is 10.2. The second-order valence-electron chi connectivity index (χ2n) is 5.39. The second-order valence-corrected chi connectivity index (χ2v) is 7.24. The Morgan fingerprint density at radius 3 is 2.62 bits per heavy atom. The van der Waals surface area contributed by atoms with Crippen LogP contribution in [0.2, 0.25) is 0 Å². The third-order valence-electron chi connectivity index (χ3n) is 3.50. The lowest BCUT2D eigenvalue weighted by Crippen LogP contribution is -2.36. The smallest absolute Gasteiger partial charge is 0.294 e. The quantitative estimate of drug-likeness (QED) is 0.716. The summed E-state index contributed by atoms with van der Waals surface area (Å²) in [5.41, 5.74) is 1.24. The van der Waals surface area contributed by atoms with Gasteiger partial charge in [-0.1, -0.05) is 24.3 Å². The summed E-state index contributed by atoms with van der Waals surface area (Å²) in [7, 11) is 0. The van der Waals surface area contributed by atoms with Gasteiger partial charge < -0.3 is 10.4 Å². The molecule has 1 fully saturated rings. The van der Waals surface area contributed by atoms with E-state index in [4.69, 9.17) is 0 Å². The van der Waals surface area contributed by atoms with Crippen molar-refractivity contribution in [2.45, 2.75) is 0 Å². The number of carbonyl (C=O) groups excluding carboxylic acids is 3. The van der Waals surface area contributed by atoms with E-state index in [1.54, 1.807) is 42.5 Å². The van der Waals surface area contributed by atoms with Gasteiger partial charge in [-0.3, -0.25) is 19.3 Å². The van der Waals surface area contributed by atoms with Crippen molar-refractivity contribution in [3.05, 3.63) is 63.5 Å². The van der Waals surface area contributed by atoms with Crippen molar-refractivity contribution in [2.24, 2.45) is 0 Å². The summed E-state index contributed by atoms with van der Waals surface area (Å²) >= 11 is 3.97. The van der Waals surface area contributed by atoms with Gasteiger partial charge in [0.2, 0.25) is 5.91 Å². The maximum absolute atomic E-state index is 12.4. The molecule has 1 aliphatic heterocycles. The normalized spacial score (nSPS) is 15.6. The Morgan fingerprint density at radius 2 is 1.92 bits per heavy atom. The molecule has 2 aromatic carbocycles.